The Hall–Kier alpha value is -2.16. The third kappa shape index (κ3) is 3.19. The summed E-state index contributed by atoms with van der Waals surface area (Å²) in [7, 11) is -3.76. The number of aliphatic hydroxyl groups is 1. The number of fused-ring (bicyclic) bond motifs is 1. The molecule has 1 unspecified atom stereocenters. The maximum Gasteiger partial charge on any atom is 0.425 e. The van der Waals surface area contributed by atoms with Crippen LogP contribution in [0.3, 0.4) is 0 Å². The second-order valence-electron chi connectivity index (χ2n) is 7.13. The first-order valence-corrected chi connectivity index (χ1v) is 11.3. The Balaban J connectivity index is 1.77. The highest BCUT2D eigenvalue weighted by atomic mass is 32.2. The van der Waals surface area contributed by atoms with E-state index in [4.69, 9.17) is 0 Å². The minimum Gasteiger partial charge on any atom is -0.369 e. The van der Waals surface area contributed by atoms with Gasteiger partial charge in [-0.25, -0.2) is 13.4 Å². The molecular weight excluding hydrogens is 427 g/mol. The zero-order chi connectivity index (χ0) is 21.2. The van der Waals surface area contributed by atoms with Crippen molar-refractivity contribution in [1.82, 2.24) is 4.98 Å². The Morgan fingerprint density at radius 2 is 2.10 bits per heavy atom. The monoisotopic (exact) mass is 443 g/mol. The quantitative estimate of drug-likeness (QED) is 0.777. The molecule has 0 saturated heterocycles. The van der Waals surface area contributed by atoms with E-state index in [0.29, 0.717) is 34.6 Å². The summed E-state index contributed by atoms with van der Waals surface area (Å²) in [5.74, 6) is -0.233. The number of hydrogen-bond donors (Lipinski definition) is 1. The molecule has 2 aliphatic rings. The molecule has 1 fully saturated rings. The topological polar surface area (TPSA) is 94.3 Å². The molecular formula is C18H16F3N3O3S2. The molecule has 0 bridgehead atoms. The molecule has 1 aliphatic carbocycles. The zero-order valence-electron chi connectivity index (χ0n) is 15.2. The molecule has 1 aliphatic heterocycles. The Bertz CT molecular complexity index is 1130. The van der Waals surface area contributed by atoms with Crippen LogP contribution in [0.2, 0.25) is 0 Å². The number of aromatic nitrogens is 1. The van der Waals surface area contributed by atoms with Crippen LogP contribution < -0.4 is 4.90 Å². The predicted octanol–water partition coefficient (Wildman–Crippen LogP) is 3.52. The van der Waals surface area contributed by atoms with Gasteiger partial charge in [-0.3, -0.25) is 0 Å². The number of nitrogens with zero attached hydrogens (tertiary/aromatic N) is 3. The van der Waals surface area contributed by atoms with E-state index in [-0.39, 0.29) is 28.6 Å². The molecule has 1 N–H and O–H groups in total. The second-order valence-corrected chi connectivity index (χ2v) is 10.5. The van der Waals surface area contributed by atoms with Gasteiger partial charge in [0.2, 0.25) is 0 Å². The zero-order valence-corrected chi connectivity index (χ0v) is 16.8. The largest absolute Gasteiger partial charge is 0.425 e. The first-order valence-electron chi connectivity index (χ1n) is 8.81. The van der Waals surface area contributed by atoms with Crippen LogP contribution in [-0.2, 0) is 28.0 Å². The number of aliphatic hydroxyl groups excluding tert-OH is 1. The van der Waals surface area contributed by atoms with Gasteiger partial charge in [-0.1, -0.05) is 6.92 Å². The predicted molar refractivity (Wildman–Crippen MR) is 99.0 cm³/mol. The molecule has 2 aromatic rings. The second kappa shape index (κ2) is 6.42. The van der Waals surface area contributed by atoms with Crippen molar-refractivity contribution in [3.05, 3.63) is 39.2 Å². The van der Waals surface area contributed by atoms with Crippen LogP contribution >= 0.6 is 11.3 Å². The van der Waals surface area contributed by atoms with Crippen LogP contribution in [-0.4, -0.2) is 24.3 Å². The molecule has 2 aromatic heterocycles. The fraction of sp³-hybridized carbons (Fsp3) is 0.444. The number of hydrogen-bond acceptors (Lipinski definition) is 7. The minimum absolute atomic E-state index is 0.0196. The van der Waals surface area contributed by atoms with E-state index in [0.717, 1.165) is 6.07 Å². The van der Waals surface area contributed by atoms with Crippen molar-refractivity contribution in [3.63, 3.8) is 0 Å². The van der Waals surface area contributed by atoms with Crippen molar-refractivity contribution in [3.8, 4) is 6.07 Å². The molecule has 29 heavy (non-hydrogen) atoms. The smallest absolute Gasteiger partial charge is 0.369 e. The summed E-state index contributed by atoms with van der Waals surface area (Å²) in [6, 6.07) is 4.50. The van der Waals surface area contributed by atoms with E-state index in [2.05, 4.69) is 11.1 Å². The summed E-state index contributed by atoms with van der Waals surface area (Å²) < 4.78 is 64.2. The van der Waals surface area contributed by atoms with Gasteiger partial charge in [-0.15, -0.1) is 11.3 Å². The lowest BCUT2D eigenvalue weighted by atomic mass is 10.00. The number of thiophene rings is 1. The Kier molecular flexibility index (Phi) is 4.45. The number of halogens is 3. The van der Waals surface area contributed by atoms with E-state index < -0.39 is 32.5 Å². The van der Waals surface area contributed by atoms with Crippen LogP contribution in [0.5, 0.6) is 0 Å². The van der Waals surface area contributed by atoms with Crippen LogP contribution in [0.15, 0.2) is 23.2 Å². The average Bonchev–Trinajstić information content (AvgIpc) is 3.26. The Morgan fingerprint density at radius 3 is 2.62 bits per heavy atom. The van der Waals surface area contributed by atoms with Gasteiger partial charge in [0.15, 0.2) is 16.1 Å². The SMILES string of the molecule is CCS(=O)(=O)c1cc(C2(C#N)CC2)cnc1N1Cc2sc(C(F)(F)F)cc2C1O. The van der Waals surface area contributed by atoms with Gasteiger partial charge in [0.05, 0.1) is 23.8 Å². The number of rotatable bonds is 4. The molecule has 154 valence electrons. The van der Waals surface area contributed by atoms with Gasteiger partial charge in [-0.05, 0) is 30.5 Å². The first-order chi connectivity index (χ1) is 13.5. The van der Waals surface area contributed by atoms with Crippen molar-refractivity contribution >= 4 is 27.0 Å². The van der Waals surface area contributed by atoms with E-state index >= 15 is 0 Å². The van der Waals surface area contributed by atoms with E-state index in [9.17, 15) is 32.0 Å². The fourth-order valence-corrected chi connectivity index (χ4v) is 5.53. The normalized spacial score (nSPS) is 20.4. The lowest BCUT2D eigenvalue weighted by molar-refractivity contribution is -0.134. The molecule has 0 radical (unpaired) electrons. The van der Waals surface area contributed by atoms with Gasteiger partial charge in [-0.2, -0.15) is 18.4 Å². The number of alkyl halides is 3. The summed E-state index contributed by atoms with van der Waals surface area (Å²) in [5.41, 5.74) is -0.143. The van der Waals surface area contributed by atoms with Gasteiger partial charge in [0, 0.05) is 16.6 Å². The molecule has 1 saturated carbocycles. The fourth-order valence-electron chi connectivity index (χ4n) is 3.41. The van der Waals surface area contributed by atoms with Gasteiger partial charge < -0.3 is 10.0 Å². The van der Waals surface area contributed by atoms with Crippen molar-refractivity contribution in [2.75, 3.05) is 10.7 Å². The third-order valence-corrected chi connectivity index (χ3v) is 8.26. The van der Waals surface area contributed by atoms with Crippen LogP contribution in [0.4, 0.5) is 19.0 Å². The lowest BCUT2D eigenvalue weighted by Crippen LogP contribution is -2.25. The Morgan fingerprint density at radius 1 is 1.41 bits per heavy atom. The summed E-state index contributed by atoms with van der Waals surface area (Å²) >= 11 is 0.524. The van der Waals surface area contributed by atoms with Gasteiger partial charge in [0.25, 0.3) is 0 Å². The van der Waals surface area contributed by atoms with E-state index in [1.54, 1.807) is 0 Å². The van der Waals surface area contributed by atoms with E-state index in [1.165, 1.54) is 24.1 Å². The van der Waals surface area contributed by atoms with Crippen molar-refractivity contribution in [2.24, 2.45) is 0 Å². The average molecular weight is 443 g/mol. The standard InChI is InChI=1S/C18H16F3N3O3S2/c1-2-29(26,27)13-5-10(17(9-22)3-4-17)7-23-15(13)24-8-12-11(16(24)25)6-14(28-12)18(19,20)21/h5-7,16,25H,2-4,8H2,1H3. The molecule has 1 atom stereocenters. The maximum absolute atomic E-state index is 12.9. The van der Waals surface area contributed by atoms with Gasteiger partial charge in [0.1, 0.15) is 15.6 Å². The van der Waals surface area contributed by atoms with Crippen LogP contribution in [0.1, 0.15) is 46.9 Å². The van der Waals surface area contributed by atoms with Crippen molar-refractivity contribution in [1.29, 1.82) is 5.26 Å². The van der Waals surface area contributed by atoms with E-state index in [1.807, 2.05) is 0 Å². The number of sulfone groups is 1. The minimum atomic E-state index is -4.51. The van der Waals surface area contributed by atoms with Crippen LogP contribution in [0.25, 0.3) is 0 Å². The summed E-state index contributed by atoms with van der Waals surface area (Å²) in [6.07, 6.45) is -3.31. The molecule has 0 aromatic carbocycles. The molecule has 0 amide bonds. The number of anilines is 1. The molecule has 0 spiro atoms. The highest BCUT2D eigenvalue weighted by molar-refractivity contribution is 7.91. The number of nitriles is 1. The maximum atomic E-state index is 12.9. The highest BCUT2D eigenvalue weighted by Crippen LogP contribution is 2.50. The summed E-state index contributed by atoms with van der Waals surface area (Å²) in [4.78, 5) is 4.89. The van der Waals surface area contributed by atoms with Crippen molar-refractivity contribution in [2.45, 2.75) is 49.0 Å². The summed E-state index contributed by atoms with van der Waals surface area (Å²) in [5, 5.41) is 20.0. The number of pyridine rings is 1. The third-order valence-electron chi connectivity index (χ3n) is 5.35. The van der Waals surface area contributed by atoms with Crippen molar-refractivity contribution < 1.29 is 26.7 Å². The molecule has 11 heteroatoms. The lowest BCUT2D eigenvalue weighted by Gasteiger charge is -2.25. The molecule has 6 nitrogen and oxygen atoms in total. The molecule has 3 heterocycles. The highest BCUT2D eigenvalue weighted by Gasteiger charge is 2.46. The Labute approximate surface area is 169 Å². The van der Waals surface area contributed by atoms with Gasteiger partial charge >= 0.3 is 6.18 Å². The van der Waals surface area contributed by atoms with Crippen LogP contribution in [0, 0.1) is 11.3 Å². The first kappa shape index (κ1) is 20.1. The summed E-state index contributed by atoms with van der Waals surface area (Å²) in [6.45, 7) is 1.38. The molecule has 4 rings (SSSR count).